The maximum atomic E-state index is 9.91. The Morgan fingerprint density at radius 1 is 1.38 bits per heavy atom. The van der Waals surface area contributed by atoms with Gasteiger partial charge in [0, 0.05) is 15.2 Å². The number of H-pyrrole nitrogens is 1. The lowest BCUT2D eigenvalue weighted by molar-refractivity contribution is -0.807. The third-order valence-electron chi connectivity index (χ3n) is 0.874. The van der Waals surface area contributed by atoms with E-state index < -0.39 is 16.0 Å². The van der Waals surface area contributed by atoms with Gasteiger partial charge < -0.3 is 10.1 Å². The van der Waals surface area contributed by atoms with Crippen molar-refractivity contribution in [2.45, 2.75) is 0 Å². The summed E-state index contributed by atoms with van der Waals surface area (Å²) in [7, 11) is 0. The van der Waals surface area contributed by atoms with Crippen molar-refractivity contribution in [1.82, 2.24) is 15.5 Å². The Balaban J connectivity index is 2.76. The van der Waals surface area contributed by atoms with E-state index >= 15 is 0 Å². The first kappa shape index (κ1) is 8.57. The Labute approximate surface area is 68.7 Å². The maximum Gasteiger partial charge on any atom is 0.581 e. The summed E-state index contributed by atoms with van der Waals surface area (Å²) in [5.41, 5.74) is 3.12. The molecule has 0 amide bonds. The van der Waals surface area contributed by atoms with Crippen LogP contribution in [0.25, 0.3) is 0 Å². The molecule has 0 spiro atoms. The van der Waals surface area contributed by atoms with Crippen molar-refractivity contribution in [3.63, 3.8) is 0 Å². The zero-order valence-electron chi connectivity index (χ0n) is 5.87. The number of nitrogens with zero attached hydrogens (tertiary/aromatic N) is 5. The Kier molecular flexibility index (Phi) is 2.14. The largest absolute Gasteiger partial charge is 0.581 e. The predicted molar refractivity (Wildman–Crippen MR) is 33.5 cm³/mol. The van der Waals surface area contributed by atoms with E-state index in [0.717, 1.165) is 0 Å². The molecule has 0 bridgehead atoms. The van der Waals surface area contributed by atoms with Crippen LogP contribution < -0.4 is 15.8 Å². The SMILES string of the molecule is O=[N+]([O-])Nc1nn[nH][n+]1N[N+](=O)[O-]. The monoisotopic (exact) mass is 191 g/mol. The first-order valence-corrected chi connectivity index (χ1v) is 2.75. The van der Waals surface area contributed by atoms with Gasteiger partial charge in [0.05, 0.1) is 0 Å². The third kappa shape index (κ3) is 2.21. The number of nitro groups is 2. The van der Waals surface area contributed by atoms with Crippen LogP contribution in [0.15, 0.2) is 0 Å². The average Bonchev–Trinajstić information content (AvgIpc) is 2.34. The number of aromatic amines is 1. The molecule has 0 aliphatic rings. The molecule has 1 aromatic heterocycles. The van der Waals surface area contributed by atoms with Crippen LogP contribution in [0.4, 0.5) is 5.95 Å². The van der Waals surface area contributed by atoms with E-state index in [1.165, 1.54) is 0 Å². The molecule has 13 heavy (non-hydrogen) atoms. The summed E-state index contributed by atoms with van der Waals surface area (Å²) < 4.78 is 0. The zero-order chi connectivity index (χ0) is 9.84. The molecule has 1 rings (SSSR count). The number of hydrogen-bond donors (Lipinski definition) is 3. The lowest BCUT2D eigenvalue weighted by Crippen LogP contribution is -2.52. The van der Waals surface area contributed by atoms with Crippen molar-refractivity contribution < 1.29 is 14.9 Å². The fourth-order valence-corrected chi connectivity index (χ4v) is 0.512. The molecule has 0 unspecified atom stereocenters. The van der Waals surface area contributed by atoms with Crippen LogP contribution in [-0.2, 0) is 0 Å². The summed E-state index contributed by atoms with van der Waals surface area (Å²) in [5, 5.41) is 26.1. The van der Waals surface area contributed by atoms with Gasteiger partial charge in [-0.05, 0) is 5.21 Å². The fraction of sp³-hybridized carbons (Fsp3) is 0. The second-order valence-electron chi connectivity index (χ2n) is 1.69. The lowest BCUT2D eigenvalue weighted by atomic mass is 11.1. The summed E-state index contributed by atoms with van der Waals surface area (Å²) in [4.78, 5) is 20.3. The highest BCUT2D eigenvalue weighted by Crippen LogP contribution is 1.85. The van der Waals surface area contributed by atoms with Gasteiger partial charge in [-0.15, -0.1) is 0 Å². The van der Waals surface area contributed by atoms with Crippen LogP contribution in [0.1, 0.15) is 0 Å². The molecule has 0 aliphatic heterocycles. The molecule has 0 aromatic carbocycles. The van der Waals surface area contributed by atoms with E-state index in [2.05, 4.69) is 10.3 Å². The van der Waals surface area contributed by atoms with Gasteiger partial charge in [0.15, 0.2) is 0 Å². The molecule has 0 fully saturated rings. The summed E-state index contributed by atoms with van der Waals surface area (Å²) in [6, 6.07) is 0. The number of anilines is 1. The van der Waals surface area contributed by atoms with Crippen molar-refractivity contribution >= 4 is 5.95 Å². The molecule has 0 saturated carbocycles. The summed E-state index contributed by atoms with van der Waals surface area (Å²) in [6.45, 7) is 0. The molecule has 0 atom stereocenters. The highest BCUT2D eigenvalue weighted by Gasteiger charge is 2.26. The smallest absolute Gasteiger partial charge is 0.361 e. The van der Waals surface area contributed by atoms with Crippen LogP contribution in [0, 0.1) is 20.2 Å². The van der Waals surface area contributed by atoms with Gasteiger partial charge in [0.25, 0.3) is 0 Å². The van der Waals surface area contributed by atoms with E-state index in [-0.39, 0.29) is 0 Å². The van der Waals surface area contributed by atoms with Crippen molar-refractivity contribution in [2.24, 2.45) is 0 Å². The average molecular weight is 191 g/mol. The van der Waals surface area contributed by atoms with Crippen LogP contribution in [0.5, 0.6) is 0 Å². The van der Waals surface area contributed by atoms with Crippen molar-refractivity contribution in [1.29, 1.82) is 0 Å². The normalized spacial score (nSPS) is 9.23. The van der Waals surface area contributed by atoms with Crippen LogP contribution in [0.2, 0.25) is 0 Å². The third-order valence-corrected chi connectivity index (χ3v) is 0.874. The highest BCUT2D eigenvalue weighted by molar-refractivity contribution is 5.05. The number of tetrazole rings is 1. The molecule has 0 radical (unpaired) electrons. The minimum Gasteiger partial charge on any atom is -0.361 e. The number of hydrogen-bond acceptors (Lipinski definition) is 6. The second-order valence-corrected chi connectivity index (χ2v) is 1.69. The van der Waals surface area contributed by atoms with Crippen LogP contribution >= 0.6 is 0 Å². The molecule has 12 heteroatoms. The Bertz CT molecular complexity index is 298. The van der Waals surface area contributed by atoms with Crippen LogP contribution in [0.3, 0.4) is 0 Å². The minimum absolute atomic E-state index is 0.443. The molecule has 0 saturated heterocycles. The quantitative estimate of drug-likeness (QED) is 0.266. The van der Waals surface area contributed by atoms with E-state index in [1.54, 1.807) is 11.0 Å². The van der Waals surface area contributed by atoms with Gasteiger partial charge in [0.2, 0.25) is 15.3 Å². The van der Waals surface area contributed by atoms with Gasteiger partial charge in [-0.3, -0.25) is 0 Å². The molecule has 0 aliphatic carbocycles. The van der Waals surface area contributed by atoms with Gasteiger partial charge in [-0.25, -0.2) is 10.1 Å². The summed E-state index contributed by atoms with van der Waals surface area (Å²) >= 11 is 0. The van der Waals surface area contributed by atoms with Gasteiger partial charge in [-0.1, -0.05) is 5.53 Å². The molecule has 1 heterocycles. The number of nitrogens with one attached hydrogen (secondary N) is 3. The van der Waals surface area contributed by atoms with Crippen molar-refractivity contribution in [2.75, 3.05) is 11.0 Å². The lowest BCUT2D eigenvalue weighted by Gasteiger charge is -1.94. The van der Waals surface area contributed by atoms with Gasteiger partial charge in [0.1, 0.15) is 0 Å². The van der Waals surface area contributed by atoms with E-state index in [1.807, 2.05) is 5.21 Å². The minimum atomic E-state index is -0.939. The van der Waals surface area contributed by atoms with Crippen molar-refractivity contribution in [3.8, 4) is 0 Å². The first-order valence-electron chi connectivity index (χ1n) is 2.75. The Morgan fingerprint density at radius 3 is 2.62 bits per heavy atom. The standard InChI is InChI=1S/CH2N8O4/c10-8(11)3-1-2-4-5-7(1)6-9(12)13/h6H,(H,2,3,5)/p+1. The van der Waals surface area contributed by atoms with Crippen molar-refractivity contribution in [3.05, 3.63) is 20.2 Å². The predicted octanol–water partition coefficient (Wildman–Crippen LogP) is -2.57. The van der Waals surface area contributed by atoms with Gasteiger partial charge >= 0.3 is 5.95 Å². The number of hydrazine groups is 2. The molecule has 70 valence electrons. The summed E-state index contributed by atoms with van der Waals surface area (Å²) in [6.07, 6.45) is 0. The molecule has 12 nitrogen and oxygen atoms in total. The topological polar surface area (TPSA) is 156 Å². The molecular weight excluding hydrogens is 188 g/mol. The Morgan fingerprint density at radius 2 is 2.08 bits per heavy atom. The molecular formula is CH3N8O4+. The molecule has 3 N–H and O–H groups in total. The molecule has 1 aromatic rings. The van der Waals surface area contributed by atoms with E-state index in [9.17, 15) is 20.2 Å². The van der Waals surface area contributed by atoms with E-state index in [4.69, 9.17) is 0 Å². The second kappa shape index (κ2) is 3.24. The number of rotatable bonds is 4. The Hall–Kier alpha value is -2.53. The van der Waals surface area contributed by atoms with Gasteiger partial charge in [-0.2, -0.15) is 0 Å². The van der Waals surface area contributed by atoms with E-state index in [0.29, 0.717) is 4.79 Å². The first-order chi connectivity index (χ1) is 6.09. The highest BCUT2D eigenvalue weighted by atomic mass is 16.7. The summed E-state index contributed by atoms with van der Waals surface area (Å²) in [5.74, 6) is -0.443. The number of aromatic nitrogens is 4. The fourth-order valence-electron chi connectivity index (χ4n) is 0.512. The van der Waals surface area contributed by atoms with Crippen LogP contribution in [-0.4, -0.2) is 25.6 Å². The zero-order valence-corrected chi connectivity index (χ0v) is 5.87. The maximum absolute atomic E-state index is 9.91.